The molecule has 7 heteroatoms. The summed E-state index contributed by atoms with van der Waals surface area (Å²) in [5, 5.41) is 9.05. The Bertz CT molecular complexity index is 498. The molecule has 0 spiro atoms. The number of hydrogen-bond donors (Lipinski definition) is 2. The number of rotatable bonds is 3. The van der Waals surface area contributed by atoms with E-state index in [2.05, 4.69) is 4.98 Å². The molecule has 1 aromatic rings. The van der Waals surface area contributed by atoms with Gasteiger partial charge in [0.15, 0.2) is 0 Å². The average Bonchev–Trinajstić information content (AvgIpc) is 2.50. The van der Waals surface area contributed by atoms with Gasteiger partial charge in [0, 0.05) is 18.9 Å². The molecule has 0 atom stereocenters. The number of hydrogen-bond acceptors (Lipinski definition) is 4. The molecular formula is C9H11N3O3S. The van der Waals surface area contributed by atoms with Crippen LogP contribution in [0.1, 0.15) is 5.56 Å². The van der Waals surface area contributed by atoms with E-state index in [0.717, 1.165) is 16.1 Å². The molecule has 1 aliphatic heterocycles. The van der Waals surface area contributed by atoms with Crippen molar-refractivity contribution in [2.75, 3.05) is 6.54 Å². The van der Waals surface area contributed by atoms with Crippen molar-refractivity contribution in [2.24, 2.45) is 0 Å². The second kappa shape index (κ2) is 4.01. The monoisotopic (exact) mass is 241 g/mol. The van der Waals surface area contributed by atoms with Crippen LogP contribution in [0.4, 0.5) is 0 Å². The van der Waals surface area contributed by atoms with Gasteiger partial charge in [-0.15, -0.1) is 0 Å². The second-order valence-corrected chi connectivity index (χ2v) is 4.97. The summed E-state index contributed by atoms with van der Waals surface area (Å²) in [7, 11) is -3.59. The van der Waals surface area contributed by atoms with Gasteiger partial charge in [-0.1, -0.05) is 6.07 Å². The van der Waals surface area contributed by atoms with Crippen LogP contribution in [-0.4, -0.2) is 29.4 Å². The van der Waals surface area contributed by atoms with E-state index < -0.39 is 10.2 Å². The third-order valence-corrected chi connectivity index (χ3v) is 3.52. The van der Waals surface area contributed by atoms with Crippen LogP contribution in [0.25, 0.3) is 0 Å². The molecule has 0 bridgehead atoms. The van der Waals surface area contributed by atoms with Crippen molar-refractivity contribution in [3.8, 4) is 0 Å². The maximum absolute atomic E-state index is 11.4. The predicted octanol–water partition coefficient (Wildman–Crippen LogP) is 0.131. The number of aliphatic hydroxyl groups is 1. The fraction of sp³-hybridized carbons (Fsp3) is 0.222. The maximum Gasteiger partial charge on any atom is 0.325 e. The zero-order chi connectivity index (χ0) is 11.6. The molecule has 0 radical (unpaired) electrons. The van der Waals surface area contributed by atoms with Crippen LogP contribution in [0.5, 0.6) is 0 Å². The largest absolute Gasteiger partial charge is 0.493 e. The molecule has 0 fully saturated rings. The van der Waals surface area contributed by atoms with E-state index in [4.69, 9.17) is 5.11 Å². The number of pyridine rings is 1. The van der Waals surface area contributed by atoms with Gasteiger partial charge in [-0.05, 0) is 18.1 Å². The Morgan fingerprint density at radius 3 is 2.88 bits per heavy atom. The van der Waals surface area contributed by atoms with E-state index >= 15 is 0 Å². The predicted molar refractivity (Wildman–Crippen MR) is 57.4 cm³/mol. The molecule has 0 aromatic carbocycles. The Labute approximate surface area is 93.4 Å². The molecule has 0 saturated carbocycles. The highest BCUT2D eigenvalue weighted by atomic mass is 32.2. The maximum atomic E-state index is 11.4. The molecule has 0 amide bonds. The van der Waals surface area contributed by atoms with Crippen molar-refractivity contribution in [2.45, 2.75) is 6.42 Å². The Balaban J connectivity index is 2.02. The minimum atomic E-state index is -3.59. The third-order valence-electron chi connectivity index (χ3n) is 2.15. The molecular weight excluding hydrogens is 230 g/mol. The lowest BCUT2D eigenvalue weighted by Crippen LogP contribution is -2.31. The minimum Gasteiger partial charge on any atom is -0.493 e. The minimum absolute atomic E-state index is 0.269. The summed E-state index contributed by atoms with van der Waals surface area (Å²) in [5.41, 5.74) is 0.942. The molecule has 1 aromatic heterocycles. The van der Waals surface area contributed by atoms with Crippen LogP contribution in [0.2, 0.25) is 0 Å². The van der Waals surface area contributed by atoms with Gasteiger partial charge in [-0.2, -0.15) is 8.42 Å². The van der Waals surface area contributed by atoms with E-state index in [1.54, 1.807) is 18.5 Å². The van der Waals surface area contributed by atoms with Crippen LogP contribution in [0.3, 0.4) is 0 Å². The zero-order valence-electron chi connectivity index (χ0n) is 8.37. The van der Waals surface area contributed by atoms with Crippen molar-refractivity contribution >= 4 is 10.2 Å². The fourth-order valence-electron chi connectivity index (χ4n) is 1.39. The van der Waals surface area contributed by atoms with Crippen LogP contribution in [-0.2, 0) is 16.6 Å². The van der Waals surface area contributed by atoms with Crippen molar-refractivity contribution in [1.82, 2.24) is 14.0 Å². The zero-order valence-corrected chi connectivity index (χ0v) is 9.18. The Hall–Kier alpha value is -1.76. The lowest BCUT2D eigenvalue weighted by molar-refractivity contribution is 0.390. The van der Waals surface area contributed by atoms with E-state index in [1.807, 2.05) is 10.8 Å². The number of aliphatic hydroxyl groups excluding tert-OH is 1. The van der Waals surface area contributed by atoms with E-state index in [-0.39, 0.29) is 12.4 Å². The molecule has 2 N–H and O–H groups in total. The molecule has 0 unspecified atom stereocenters. The Morgan fingerprint density at radius 1 is 1.50 bits per heavy atom. The topological polar surface area (TPSA) is 82.5 Å². The van der Waals surface area contributed by atoms with Gasteiger partial charge in [0.2, 0.25) is 5.88 Å². The second-order valence-electron chi connectivity index (χ2n) is 3.34. The van der Waals surface area contributed by atoms with E-state index in [9.17, 15) is 8.42 Å². The highest BCUT2D eigenvalue weighted by Gasteiger charge is 2.26. The molecule has 0 saturated heterocycles. The quantitative estimate of drug-likeness (QED) is 0.788. The van der Waals surface area contributed by atoms with E-state index in [1.165, 1.54) is 0 Å². The Morgan fingerprint density at radius 2 is 2.31 bits per heavy atom. The van der Waals surface area contributed by atoms with Gasteiger partial charge >= 0.3 is 10.2 Å². The van der Waals surface area contributed by atoms with Crippen molar-refractivity contribution < 1.29 is 13.5 Å². The van der Waals surface area contributed by atoms with Crippen LogP contribution >= 0.6 is 0 Å². The van der Waals surface area contributed by atoms with Gasteiger partial charge in [-0.3, -0.25) is 9.29 Å². The van der Waals surface area contributed by atoms with Gasteiger partial charge in [0.1, 0.15) is 0 Å². The van der Waals surface area contributed by atoms with E-state index in [0.29, 0.717) is 6.42 Å². The molecule has 1 aliphatic rings. The number of nitrogens with zero attached hydrogens (tertiary/aromatic N) is 2. The van der Waals surface area contributed by atoms with Gasteiger partial charge in [-0.25, -0.2) is 4.72 Å². The van der Waals surface area contributed by atoms with Crippen molar-refractivity contribution in [1.29, 1.82) is 0 Å². The summed E-state index contributed by atoms with van der Waals surface area (Å²) in [4.78, 5) is 3.93. The summed E-state index contributed by atoms with van der Waals surface area (Å²) in [6.07, 6.45) is 5.04. The molecule has 16 heavy (non-hydrogen) atoms. The smallest absolute Gasteiger partial charge is 0.325 e. The van der Waals surface area contributed by atoms with Gasteiger partial charge in [0.25, 0.3) is 0 Å². The first kappa shape index (κ1) is 10.7. The summed E-state index contributed by atoms with van der Waals surface area (Å²) in [5.74, 6) is -0.355. The van der Waals surface area contributed by atoms with Crippen LogP contribution in [0.15, 0.2) is 36.6 Å². The summed E-state index contributed by atoms with van der Waals surface area (Å²) in [6.45, 7) is 0.269. The standard InChI is InChI=1S/C9H11N3O3S/c13-9-7-12(16(14,15)11-9)5-3-8-2-1-4-10-6-8/h1-2,4,6-7,11,13H,3,5H2. The molecule has 2 heterocycles. The van der Waals surface area contributed by atoms with Crippen LogP contribution < -0.4 is 4.72 Å². The van der Waals surface area contributed by atoms with Crippen molar-refractivity contribution in [3.05, 3.63) is 42.2 Å². The average molecular weight is 241 g/mol. The first-order chi connectivity index (χ1) is 7.58. The highest BCUT2D eigenvalue weighted by Crippen LogP contribution is 2.11. The molecule has 0 aliphatic carbocycles. The SMILES string of the molecule is O=S1(=O)NC(O)=CN1CCc1cccnc1. The first-order valence-corrected chi connectivity index (χ1v) is 6.11. The summed E-state index contributed by atoms with van der Waals surface area (Å²) in [6, 6.07) is 3.66. The summed E-state index contributed by atoms with van der Waals surface area (Å²) >= 11 is 0. The van der Waals surface area contributed by atoms with Gasteiger partial charge in [0.05, 0.1) is 6.20 Å². The normalized spacial score (nSPS) is 18.0. The molecule has 86 valence electrons. The molecule has 2 rings (SSSR count). The highest BCUT2D eigenvalue weighted by molar-refractivity contribution is 7.87. The lowest BCUT2D eigenvalue weighted by atomic mass is 10.2. The number of aromatic nitrogens is 1. The Kier molecular flexibility index (Phi) is 2.69. The first-order valence-electron chi connectivity index (χ1n) is 4.67. The van der Waals surface area contributed by atoms with Crippen LogP contribution in [0, 0.1) is 0 Å². The fourth-order valence-corrected chi connectivity index (χ4v) is 2.40. The third kappa shape index (κ3) is 2.25. The molecule has 6 nitrogen and oxygen atoms in total. The number of nitrogens with one attached hydrogen (secondary N) is 1. The van der Waals surface area contributed by atoms with Crippen molar-refractivity contribution in [3.63, 3.8) is 0 Å². The van der Waals surface area contributed by atoms with Gasteiger partial charge < -0.3 is 5.11 Å². The lowest BCUT2D eigenvalue weighted by Gasteiger charge is -2.13. The summed E-state index contributed by atoms with van der Waals surface area (Å²) < 4.78 is 25.8.